The summed E-state index contributed by atoms with van der Waals surface area (Å²) in [7, 11) is 0. The first-order chi connectivity index (χ1) is 12.9. The van der Waals surface area contributed by atoms with Gasteiger partial charge in [-0.1, -0.05) is 17.7 Å². The van der Waals surface area contributed by atoms with Gasteiger partial charge in [0.1, 0.15) is 5.82 Å². The van der Waals surface area contributed by atoms with Crippen LogP contribution in [0.25, 0.3) is 0 Å². The molecule has 3 aromatic carbocycles. The van der Waals surface area contributed by atoms with Crippen molar-refractivity contribution < 1.29 is 9.18 Å². The lowest BCUT2D eigenvalue weighted by Gasteiger charge is -2.09. The Bertz CT molecular complexity index is 956. The maximum Gasteiger partial charge on any atom is 0.255 e. The molecule has 3 nitrogen and oxygen atoms in total. The molecule has 3 rings (SSSR count). The van der Waals surface area contributed by atoms with Crippen molar-refractivity contribution in [3.63, 3.8) is 0 Å². The fourth-order valence-corrected chi connectivity index (χ4v) is 3.53. The van der Waals surface area contributed by atoms with Crippen molar-refractivity contribution in [1.82, 2.24) is 0 Å². The lowest BCUT2D eigenvalue weighted by atomic mass is 10.1. The minimum absolute atomic E-state index is 0.0835. The third-order valence-electron chi connectivity index (χ3n) is 3.80. The van der Waals surface area contributed by atoms with Crippen molar-refractivity contribution in [2.75, 3.05) is 10.0 Å². The monoisotopic (exact) mass is 400 g/mol. The highest BCUT2D eigenvalue weighted by molar-refractivity contribution is 8.00. The number of amides is 1. The maximum atomic E-state index is 13.2. The van der Waals surface area contributed by atoms with Crippen LogP contribution in [0.2, 0.25) is 5.02 Å². The van der Waals surface area contributed by atoms with Crippen molar-refractivity contribution in [1.29, 1.82) is 0 Å². The second-order valence-electron chi connectivity index (χ2n) is 6.19. The van der Waals surface area contributed by atoms with E-state index < -0.39 is 5.82 Å². The van der Waals surface area contributed by atoms with Crippen LogP contribution in [-0.2, 0) is 0 Å². The zero-order valence-corrected chi connectivity index (χ0v) is 16.4. The largest absolute Gasteiger partial charge is 0.326 e. The van der Waals surface area contributed by atoms with Crippen LogP contribution in [0.15, 0.2) is 65.6 Å². The van der Waals surface area contributed by atoms with Gasteiger partial charge in [0, 0.05) is 21.8 Å². The lowest BCUT2D eigenvalue weighted by molar-refractivity contribution is 0.102. The smallest absolute Gasteiger partial charge is 0.255 e. The number of carbonyl (C=O) groups excluding carboxylic acids is 1. The molecule has 0 radical (unpaired) electrons. The summed E-state index contributed by atoms with van der Waals surface area (Å²) in [4.78, 5) is 13.2. The molecule has 0 aliphatic rings. The first-order valence-corrected chi connectivity index (χ1v) is 9.48. The molecule has 0 bridgehead atoms. The average Bonchev–Trinajstić information content (AvgIpc) is 2.62. The van der Waals surface area contributed by atoms with Gasteiger partial charge in [-0.25, -0.2) is 4.39 Å². The summed E-state index contributed by atoms with van der Waals surface area (Å²) in [5.41, 5.74) is 4.37. The van der Waals surface area contributed by atoms with E-state index in [4.69, 9.17) is 11.6 Å². The van der Waals surface area contributed by atoms with E-state index in [1.54, 1.807) is 24.3 Å². The normalized spacial score (nSPS) is 10.5. The Morgan fingerprint density at radius 1 is 0.926 bits per heavy atom. The highest BCUT2D eigenvalue weighted by Gasteiger charge is 2.07. The van der Waals surface area contributed by atoms with Crippen LogP contribution in [-0.4, -0.2) is 5.91 Å². The van der Waals surface area contributed by atoms with Gasteiger partial charge in [0.05, 0.1) is 5.02 Å². The molecule has 0 atom stereocenters. The van der Waals surface area contributed by atoms with Crippen LogP contribution >= 0.6 is 23.5 Å². The number of nitrogens with one attached hydrogen (secondary N) is 2. The van der Waals surface area contributed by atoms with Gasteiger partial charge in [0.25, 0.3) is 5.91 Å². The second-order valence-corrected chi connectivity index (χ2v) is 7.47. The van der Waals surface area contributed by atoms with Gasteiger partial charge in [0.2, 0.25) is 0 Å². The van der Waals surface area contributed by atoms with Crippen molar-refractivity contribution in [2.24, 2.45) is 0 Å². The third kappa shape index (κ3) is 5.25. The first kappa shape index (κ1) is 19.3. The molecule has 0 heterocycles. The van der Waals surface area contributed by atoms with E-state index in [0.29, 0.717) is 5.56 Å². The van der Waals surface area contributed by atoms with Crippen LogP contribution in [0.1, 0.15) is 21.5 Å². The van der Waals surface area contributed by atoms with Crippen LogP contribution < -0.4 is 10.0 Å². The minimum atomic E-state index is -0.444. The summed E-state index contributed by atoms with van der Waals surface area (Å²) in [6.07, 6.45) is 0. The zero-order chi connectivity index (χ0) is 19.4. The summed E-state index contributed by atoms with van der Waals surface area (Å²) in [5, 5.41) is 3.00. The number of rotatable bonds is 5. The minimum Gasteiger partial charge on any atom is -0.326 e. The van der Waals surface area contributed by atoms with E-state index >= 15 is 0 Å². The number of aryl methyl sites for hydroxylation is 2. The summed E-state index contributed by atoms with van der Waals surface area (Å²) < 4.78 is 16.3. The Balaban J connectivity index is 1.62. The predicted molar refractivity (Wildman–Crippen MR) is 111 cm³/mol. The molecule has 0 saturated carbocycles. The van der Waals surface area contributed by atoms with Gasteiger partial charge in [-0.3, -0.25) is 4.79 Å². The average molecular weight is 401 g/mol. The Morgan fingerprint density at radius 2 is 1.59 bits per heavy atom. The standard InChI is InChI=1S/C21H18ClFN2OS/c1-13-9-14(2)11-17(10-13)24-21(26)15-3-5-16(6-4-15)25-27-18-7-8-20(23)19(22)12-18/h3-12,25H,1-2H3,(H,24,26). The van der Waals surface area contributed by atoms with Gasteiger partial charge in [-0.2, -0.15) is 0 Å². The summed E-state index contributed by atoms with van der Waals surface area (Å²) in [5.74, 6) is -0.607. The molecule has 0 saturated heterocycles. The van der Waals surface area contributed by atoms with Gasteiger partial charge in [0.15, 0.2) is 0 Å². The molecular weight excluding hydrogens is 383 g/mol. The predicted octanol–water partition coefficient (Wildman–Crippen LogP) is 6.47. The summed E-state index contributed by atoms with van der Waals surface area (Å²) >= 11 is 7.09. The van der Waals surface area contributed by atoms with E-state index in [9.17, 15) is 9.18 Å². The Morgan fingerprint density at radius 3 is 2.22 bits per heavy atom. The molecular formula is C21H18ClFN2OS. The van der Waals surface area contributed by atoms with Crippen molar-refractivity contribution in [3.05, 3.63) is 88.2 Å². The fourth-order valence-electron chi connectivity index (χ4n) is 2.60. The van der Waals surface area contributed by atoms with E-state index in [-0.39, 0.29) is 10.9 Å². The van der Waals surface area contributed by atoms with Crippen LogP contribution in [0.3, 0.4) is 0 Å². The Labute approximate surface area is 167 Å². The molecule has 0 spiro atoms. The molecule has 0 fully saturated rings. The number of carbonyl (C=O) groups is 1. The number of benzene rings is 3. The first-order valence-electron chi connectivity index (χ1n) is 8.28. The topological polar surface area (TPSA) is 41.1 Å². The number of halogens is 2. The number of anilines is 2. The van der Waals surface area contributed by atoms with Gasteiger partial charge >= 0.3 is 0 Å². The molecule has 1 amide bonds. The van der Waals surface area contributed by atoms with Crippen molar-refractivity contribution >= 4 is 40.8 Å². The van der Waals surface area contributed by atoms with E-state index in [2.05, 4.69) is 16.1 Å². The summed E-state index contributed by atoms with van der Waals surface area (Å²) in [6.45, 7) is 3.99. The van der Waals surface area contributed by atoms with Gasteiger partial charge in [-0.05, 0) is 91.5 Å². The highest BCUT2D eigenvalue weighted by atomic mass is 35.5. The molecule has 0 aliphatic carbocycles. The quantitative estimate of drug-likeness (QED) is 0.482. The van der Waals surface area contributed by atoms with E-state index in [1.807, 2.05) is 38.1 Å². The van der Waals surface area contributed by atoms with Crippen molar-refractivity contribution in [3.8, 4) is 0 Å². The molecule has 3 aromatic rings. The zero-order valence-electron chi connectivity index (χ0n) is 14.8. The van der Waals surface area contributed by atoms with E-state index in [0.717, 1.165) is 27.4 Å². The van der Waals surface area contributed by atoms with Gasteiger partial charge in [-0.15, -0.1) is 0 Å². The van der Waals surface area contributed by atoms with Crippen LogP contribution in [0.4, 0.5) is 15.8 Å². The molecule has 0 aliphatic heterocycles. The maximum absolute atomic E-state index is 13.2. The van der Waals surface area contributed by atoms with Crippen LogP contribution in [0, 0.1) is 19.7 Å². The lowest BCUT2D eigenvalue weighted by Crippen LogP contribution is -2.12. The molecule has 138 valence electrons. The molecule has 6 heteroatoms. The summed E-state index contributed by atoms with van der Waals surface area (Å²) in [6, 6.07) is 17.6. The van der Waals surface area contributed by atoms with Crippen LogP contribution in [0.5, 0.6) is 0 Å². The van der Waals surface area contributed by atoms with E-state index in [1.165, 1.54) is 18.0 Å². The Hall–Kier alpha value is -2.50. The molecule has 0 aromatic heterocycles. The van der Waals surface area contributed by atoms with Crippen molar-refractivity contribution in [2.45, 2.75) is 18.7 Å². The fraction of sp³-hybridized carbons (Fsp3) is 0.0952. The molecule has 2 N–H and O–H groups in total. The second kappa shape index (κ2) is 8.46. The highest BCUT2D eigenvalue weighted by Crippen LogP contribution is 2.25. The Kier molecular flexibility index (Phi) is 6.04. The SMILES string of the molecule is Cc1cc(C)cc(NC(=O)c2ccc(NSc3ccc(F)c(Cl)c3)cc2)c1. The van der Waals surface area contributed by atoms with Gasteiger partial charge < -0.3 is 10.0 Å². The number of hydrogen-bond acceptors (Lipinski definition) is 3. The molecule has 27 heavy (non-hydrogen) atoms. The number of hydrogen-bond donors (Lipinski definition) is 2. The third-order valence-corrected chi connectivity index (χ3v) is 4.92. The molecule has 0 unspecified atom stereocenters.